The Hall–Kier alpha value is -1.09. The Bertz CT molecular complexity index is 544. The first-order chi connectivity index (χ1) is 9.63. The second kappa shape index (κ2) is 4.20. The number of benzene rings is 1. The summed E-state index contributed by atoms with van der Waals surface area (Å²) in [5.41, 5.74) is -0.0721. The molecule has 0 aromatic heterocycles. The van der Waals surface area contributed by atoms with Crippen molar-refractivity contribution in [3.8, 4) is 5.75 Å². The normalized spacial score (nSPS) is 42.0. The third-order valence-corrected chi connectivity index (χ3v) is 6.14. The number of halogens is 1. The van der Waals surface area contributed by atoms with Crippen LogP contribution in [0.1, 0.15) is 37.7 Å². The van der Waals surface area contributed by atoms with Gasteiger partial charge in [-0.2, -0.15) is 0 Å². The number of ether oxygens (including phenoxy) is 1. The maximum absolute atomic E-state index is 13.9. The zero-order chi connectivity index (χ0) is 13.9. The van der Waals surface area contributed by atoms with E-state index in [2.05, 4.69) is 0 Å². The summed E-state index contributed by atoms with van der Waals surface area (Å²) in [5.74, 6) is 2.33. The molecule has 2 bridgehead atoms. The fourth-order valence-electron chi connectivity index (χ4n) is 5.38. The van der Waals surface area contributed by atoms with Crippen molar-refractivity contribution in [2.75, 3.05) is 7.11 Å². The average Bonchev–Trinajstić information content (AvgIpc) is 3.09. The molecule has 0 heterocycles. The van der Waals surface area contributed by atoms with E-state index in [-0.39, 0.29) is 11.6 Å². The van der Waals surface area contributed by atoms with E-state index in [1.54, 1.807) is 6.07 Å². The first-order valence-electron chi connectivity index (χ1n) is 7.70. The van der Waals surface area contributed by atoms with E-state index in [0.29, 0.717) is 17.8 Å². The van der Waals surface area contributed by atoms with Crippen molar-refractivity contribution in [3.05, 3.63) is 29.6 Å². The van der Waals surface area contributed by atoms with E-state index in [1.807, 2.05) is 6.07 Å². The average molecular weight is 276 g/mol. The molecule has 20 heavy (non-hydrogen) atoms. The third-order valence-electron chi connectivity index (χ3n) is 6.14. The van der Waals surface area contributed by atoms with Crippen LogP contribution in [-0.4, -0.2) is 12.2 Å². The first-order valence-corrected chi connectivity index (χ1v) is 7.70. The highest BCUT2D eigenvalue weighted by Crippen LogP contribution is 2.65. The monoisotopic (exact) mass is 276 g/mol. The van der Waals surface area contributed by atoms with Crippen molar-refractivity contribution >= 4 is 0 Å². The fourth-order valence-corrected chi connectivity index (χ4v) is 5.38. The van der Waals surface area contributed by atoms with Gasteiger partial charge in [0.1, 0.15) is 0 Å². The van der Waals surface area contributed by atoms with Gasteiger partial charge in [0.2, 0.25) is 0 Å². The molecular weight excluding hydrogens is 255 g/mol. The fraction of sp³-hybridized carbons (Fsp3) is 0.647. The Morgan fingerprint density at radius 1 is 1.30 bits per heavy atom. The van der Waals surface area contributed by atoms with Crippen molar-refractivity contribution in [3.63, 3.8) is 0 Å². The highest BCUT2D eigenvalue weighted by atomic mass is 19.1. The molecule has 5 unspecified atom stereocenters. The summed E-state index contributed by atoms with van der Waals surface area (Å²) < 4.78 is 18.9. The van der Waals surface area contributed by atoms with Gasteiger partial charge < -0.3 is 9.84 Å². The maximum atomic E-state index is 13.9. The SMILES string of the molecule is COc1ccc(C2(O)CC3CC2C2CCCC32)cc1F. The molecule has 0 spiro atoms. The molecule has 3 aliphatic rings. The maximum Gasteiger partial charge on any atom is 0.165 e. The van der Waals surface area contributed by atoms with Crippen molar-refractivity contribution in [2.45, 2.75) is 37.7 Å². The summed E-state index contributed by atoms with van der Waals surface area (Å²) in [6, 6.07) is 4.96. The van der Waals surface area contributed by atoms with Crippen LogP contribution in [0.5, 0.6) is 5.75 Å². The molecule has 3 fully saturated rings. The van der Waals surface area contributed by atoms with Crippen LogP contribution in [-0.2, 0) is 5.60 Å². The van der Waals surface area contributed by atoms with Crippen LogP contribution in [0.4, 0.5) is 4.39 Å². The summed E-state index contributed by atoms with van der Waals surface area (Å²) in [5, 5.41) is 11.2. The smallest absolute Gasteiger partial charge is 0.165 e. The number of rotatable bonds is 2. The van der Waals surface area contributed by atoms with Gasteiger partial charge in [0.25, 0.3) is 0 Å². The summed E-state index contributed by atoms with van der Waals surface area (Å²) >= 11 is 0. The van der Waals surface area contributed by atoms with Crippen LogP contribution in [0.25, 0.3) is 0 Å². The zero-order valence-electron chi connectivity index (χ0n) is 11.8. The Morgan fingerprint density at radius 2 is 2.10 bits per heavy atom. The molecule has 1 aromatic rings. The van der Waals surface area contributed by atoms with Gasteiger partial charge in [-0.05, 0) is 67.1 Å². The molecule has 3 heteroatoms. The predicted molar refractivity (Wildman–Crippen MR) is 73.9 cm³/mol. The van der Waals surface area contributed by atoms with Crippen LogP contribution >= 0.6 is 0 Å². The lowest BCUT2D eigenvalue weighted by atomic mass is 9.70. The second-order valence-corrected chi connectivity index (χ2v) is 6.84. The van der Waals surface area contributed by atoms with E-state index < -0.39 is 5.60 Å². The zero-order valence-corrected chi connectivity index (χ0v) is 11.8. The van der Waals surface area contributed by atoms with Crippen LogP contribution in [0.15, 0.2) is 18.2 Å². The third kappa shape index (κ3) is 1.53. The molecule has 1 N–H and O–H groups in total. The lowest BCUT2D eigenvalue weighted by Crippen LogP contribution is -2.39. The van der Waals surface area contributed by atoms with Gasteiger partial charge in [0.05, 0.1) is 12.7 Å². The minimum atomic E-state index is -0.816. The Morgan fingerprint density at radius 3 is 2.85 bits per heavy atom. The summed E-state index contributed by atoms with van der Waals surface area (Å²) in [6.07, 6.45) is 5.81. The molecule has 0 aliphatic heterocycles. The Balaban J connectivity index is 1.70. The molecule has 1 aromatic carbocycles. The lowest BCUT2D eigenvalue weighted by Gasteiger charge is -2.39. The predicted octanol–water partition coefficient (Wildman–Crippen LogP) is 3.48. The highest BCUT2D eigenvalue weighted by molar-refractivity contribution is 5.35. The van der Waals surface area contributed by atoms with Crippen molar-refractivity contribution in [2.24, 2.45) is 23.7 Å². The molecule has 5 atom stereocenters. The number of aliphatic hydroxyl groups is 1. The van der Waals surface area contributed by atoms with E-state index >= 15 is 0 Å². The van der Waals surface area contributed by atoms with E-state index in [0.717, 1.165) is 24.3 Å². The van der Waals surface area contributed by atoms with Gasteiger partial charge in [-0.15, -0.1) is 0 Å². The molecule has 0 radical (unpaired) electrons. The summed E-state index contributed by atoms with van der Waals surface area (Å²) in [7, 11) is 1.47. The highest BCUT2D eigenvalue weighted by Gasteiger charge is 2.60. The quantitative estimate of drug-likeness (QED) is 0.896. The second-order valence-electron chi connectivity index (χ2n) is 6.84. The number of methoxy groups -OCH3 is 1. The summed E-state index contributed by atoms with van der Waals surface area (Å²) in [4.78, 5) is 0. The molecule has 0 saturated heterocycles. The van der Waals surface area contributed by atoms with Gasteiger partial charge in [-0.3, -0.25) is 0 Å². The molecule has 2 nitrogen and oxygen atoms in total. The minimum Gasteiger partial charge on any atom is -0.494 e. The van der Waals surface area contributed by atoms with E-state index in [4.69, 9.17) is 4.74 Å². The van der Waals surface area contributed by atoms with Crippen LogP contribution < -0.4 is 4.74 Å². The van der Waals surface area contributed by atoms with E-state index in [1.165, 1.54) is 32.4 Å². The molecule has 108 valence electrons. The van der Waals surface area contributed by atoms with Crippen molar-refractivity contribution in [1.82, 2.24) is 0 Å². The number of fused-ring (bicyclic) bond motifs is 5. The van der Waals surface area contributed by atoms with Crippen LogP contribution in [0.3, 0.4) is 0 Å². The first kappa shape index (κ1) is 12.6. The van der Waals surface area contributed by atoms with Gasteiger partial charge in [0.15, 0.2) is 11.6 Å². The number of hydrogen-bond donors (Lipinski definition) is 1. The molecule has 3 saturated carbocycles. The van der Waals surface area contributed by atoms with Gasteiger partial charge in [-0.1, -0.05) is 12.5 Å². The van der Waals surface area contributed by atoms with Gasteiger partial charge in [0, 0.05) is 0 Å². The van der Waals surface area contributed by atoms with Crippen molar-refractivity contribution in [1.29, 1.82) is 0 Å². The molecular formula is C17H21FO2. The van der Waals surface area contributed by atoms with Crippen LogP contribution in [0.2, 0.25) is 0 Å². The largest absolute Gasteiger partial charge is 0.494 e. The number of hydrogen-bond acceptors (Lipinski definition) is 2. The van der Waals surface area contributed by atoms with Gasteiger partial charge in [-0.25, -0.2) is 4.39 Å². The van der Waals surface area contributed by atoms with Crippen molar-refractivity contribution < 1.29 is 14.2 Å². The Kier molecular flexibility index (Phi) is 2.65. The summed E-state index contributed by atoms with van der Waals surface area (Å²) in [6.45, 7) is 0. The van der Waals surface area contributed by atoms with Crippen LogP contribution in [0, 0.1) is 29.5 Å². The minimum absolute atomic E-state index is 0.249. The lowest BCUT2D eigenvalue weighted by molar-refractivity contribution is -0.0514. The molecule has 3 aliphatic carbocycles. The standard InChI is InChI=1S/C17H21FO2/c1-20-16-6-5-11(8-15(16)18)17(19)9-10-7-14(17)13-4-2-3-12(10)13/h5-6,8,10,12-14,19H,2-4,7,9H2,1H3. The van der Waals surface area contributed by atoms with E-state index in [9.17, 15) is 9.50 Å². The molecule has 4 rings (SSSR count). The molecule has 0 amide bonds. The Labute approximate surface area is 119 Å². The van der Waals surface area contributed by atoms with Gasteiger partial charge >= 0.3 is 0 Å². The topological polar surface area (TPSA) is 29.5 Å².